The van der Waals surface area contributed by atoms with E-state index in [-0.39, 0.29) is 42.0 Å². The van der Waals surface area contributed by atoms with E-state index in [2.05, 4.69) is 27.1 Å². The highest BCUT2D eigenvalue weighted by Gasteiger charge is 2.41. The summed E-state index contributed by atoms with van der Waals surface area (Å²) in [6, 6.07) is 3.02. The highest BCUT2D eigenvalue weighted by Crippen LogP contribution is 2.46. The third-order valence-corrected chi connectivity index (χ3v) is 8.58. The average Bonchev–Trinajstić information content (AvgIpc) is 3.46. The molecule has 2 atom stereocenters. The Morgan fingerprint density at radius 1 is 0.880 bits per heavy atom. The zero-order chi connectivity index (χ0) is 36.9. The van der Waals surface area contributed by atoms with Crippen molar-refractivity contribution < 1.29 is 49.0 Å². The fraction of sp³-hybridized carbons (Fsp3) is 0.576. The molecule has 3 aromatic rings. The van der Waals surface area contributed by atoms with Crippen molar-refractivity contribution in [2.24, 2.45) is 7.05 Å². The van der Waals surface area contributed by atoms with Crippen molar-refractivity contribution in [3.8, 4) is 5.75 Å². The zero-order valence-corrected chi connectivity index (χ0v) is 27.8. The van der Waals surface area contributed by atoms with Gasteiger partial charge < -0.3 is 14.5 Å². The quantitative estimate of drug-likeness (QED) is 0.122. The normalized spacial score (nSPS) is 16.8. The van der Waals surface area contributed by atoms with Gasteiger partial charge in [-0.3, -0.25) is 4.79 Å². The number of aromatic nitrogens is 4. The number of alkyl halides is 9. The number of unbranched alkanes of at least 4 members (excludes halogenated alkanes) is 6. The lowest BCUT2D eigenvalue weighted by atomic mass is 9.87. The van der Waals surface area contributed by atoms with Gasteiger partial charge in [-0.1, -0.05) is 57.5 Å². The van der Waals surface area contributed by atoms with Gasteiger partial charge in [0.2, 0.25) is 5.91 Å². The molecule has 0 fully saturated rings. The van der Waals surface area contributed by atoms with Crippen molar-refractivity contribution in [2.45, 2.75) is 115 Å². The van der Waals surface area contributed by atoms with Gasteiger partial charge in [-0.05, 0) is 66.4 Å². The van der Waals surface area contributed by atoms with E-state index < -0.39 is 59.8 Å². The Balaban J connectivity index is 1.79. The van der Waals surface area contributed by atoms with Crippen molar-refractivity contribution in [1.82, 2.24) is 20.2 Å². The van der Waals surface area contributed by atoms with Gasteiger partial charge in [0.05, 0.1) is 24.2 Å². The molecule has 276 valence electrons. The van der Waals surface area contributed by atoms with Crippen LogP contribution < -0.4 is 14.5 Å². The molecule has 2 heterocycles. The first-order valence-corrected chi connectivity index (χ1v) is 16.4. The van der Waals surface area contributed by atoms with Crippen LogP contribution in [0.2, 0.25) is 0 Å². The van der Waals surface area contributed by atoms with Crippen LogP contribution >= 0.6 is 0 Å². The second kappa shape index (κ2) is 15.9. The highest BCUT2D eigenvalue weighted by molar-refractivity contribution is 5.95. The van der Waals surface area contributed by atoms with E-state index in [1.807, 2.05) is 0 Å². The first-order chi connectivity index (χ1) is 23.4. The van der Waals surface area contributed by atoms with Gasteiger partial charge in [0, 0.05) is 30.3 Å². The summed E-state index contributed by atoms with van der Waals surface area (Å²) in [5.41, 5.74) is -3.11. The monoisotopic (exact) mass is 722 g/mol. The summed E-state index contributed by atoms with van der Waals surface area (Å²) in [4.78, 5) is 17.6. The van der Waals surface area contributed by atoms with E-state index in [1.165, 1.54) is 22.9 Å². The Kier molecular flexibility index (Phi) is 12.3. The number of aryl methyl sites for hydroxylation is 1. The van der Waals surface area contributed by atoms with Crippen LogP contribution in [-0.4, -0.2) is 38.5 Å². The molecule has 50 heavy (non-hydrogen) atoms. The van der Waals surface area contributed by atoms with Crippen LogP contribution in [0.4, 0.5) is 51.1 Å². The Labute approximate surface area is 283 Å². The summed E-state index contributed by atoms with van der Waals surface area (Å²) >= 11 is 0. The molecule has 2 aromatic carbocycles. The van der Waals surface area contributed by atoms with Crippen LogP contribution in [0, 0.1) is 0 Å². The zero-order valence-electron chi connectivity index (χ0n) is 27.8. The van der Waals surface area contributed by atoms with Gasteiger partial charge in [0.15, 0.2) is 0 Å². The van der Waals surface area contributed by atoms with Crippen molar-refractivity contribution in [3.63, 3.8) is 0 Å². The number of carbonyl (C=O) groups is 1. The molecule has 8 nitrogen and oxygen atoms in total. The minimum atomic E-state index is -5.11. The molecule has 0 aliphatic carbocycles. The molecule has 1 aliphatic heterocycles. The molecular formula is C33H39F9N6O2. The molecule has 17 heteroatoms. The summed E-state index contributed by atoms with van der Waals surface area (Å²) in [6.45, 7) is 3.30. The highest BCUT2D eigenvalue weighted by atomic mass is 19.4. The number of nitrogens with zero attached hydrogens (tertiary/aromatic N) is 6. The number of halogens is 9. The number of benzene rings is 2. The van der Waals surface area contributed by atoms with Crippen molar-refractivity contribution in [3.05, 3.63) is 58.7 Å². The molecule has 1 amide bonds. The first kappa shape index (κ1) is 38.7. The Morgan fingerprint density at radius 3 is 2.04 bits per heavy atom. The largest absolute Gasteiger partial charge is 0.573 e. The second-order valence-corrected chi connectivity index (χ2v) is 12.3. The number of carbonyl (C=O) groups excluding carboxylic acids is 1. The van der Waals surface area contributed by atoms with E-state index in [0.717, 1.165) is 55.5 Å². The Morgan fingerprint density at radius 2 is 1.50 bits per heavy atom. The lowest BCUT2D eigenvalue weighted by molar-refractivity contribution is -0.274. The summed E-state index contributed by atoms with van der Waals surface area (Å²) in [6.07, 6.45) is -7.99. The molecular weight excluding hydrogens is 683 g/mol. The smallest absolute Gasteiger partial charge is 0.406 e. The number of tetrazole rings is 1. The standard InChI is InChI=1S/C33H39F9N6O2/c1-4-6-7-8-9-10-11-12-29(49)48-24(5-2)18-28(26-19-25(13-14-27(26)48)50-33(40,41)42)47(30-43-45-46(3)44-30)20-21-15-22(31(34,35)36)17-23(16-21)32(37,38)39/h13-17,19,24,28H,4-12,18,20H2,1-3H3. The molecule has 0 spiro atoms. The fourth-order valence-corrected chi connectivity index (χ4v) is 6.26. The summed E-state index contributed by atoms with van der Waals surface area (Å²) in [5.74, 6) is -1.08. The van der Waals surface area contributed by atoms with Crippen LogP contribution in [-0.2, 0) is 30.7 Å². The SMILES string of the molecule is CCCCCCCCCC(=O)N1c2ccc(OC(F)(F)F)cc2C(N(Cc2cc(C(F)(F)F)cc(C(F)(F)F)c2)c2nnn(C)n2)CC1CC. The number of ether oxygens (including phenoxy) is 1. The molecule has 2 unspecified atom stereocenters. The molecule has 1 aliphatic rings. The van der Waals surface area contributed by atoms with Gasteiger partial charge in [-0.15, -0.1) is 18.3 Å². The molecule has 4 rings (SSSR count). The van der Waals surface area contributed by atoms with E-state index in [4.69, 9.17) is 0 Å². The lowest BCUT2D eigenvalue weighted by Gasteiger charge is -2.44. The maximum Gasteiger partial charge on any atom is 0.573 e. The van der Waals surface area contributed by atoms with Crippen LogP contribution in [0.25, 0.3) is 0 Å². The second-order valence-electron chi connectivity index (χ2n) is 12.3. The van der Waals surface area contributed by atoms with Crippen molar-refractivity contribution >= 4 is 17.5 Å². The third-order valence-electron chi connectivity index (χ3n) is 8.58. The van der Waals surface area contributed by atoms with Crippen LogP contribution in [0.3, 0.4) is 0 Å². The van der Waals surface area contributed by atoms with Gasteiger partial charge in [0.1, 0.15) is 5.75 Å². The van der Waals surface area contributed by atoms with Crippen molar-refractivity contribution in [1.29, 1.82) is 0 Å². The number of fused-ring (bicyclic) bond motifs is 1. The number of hydrogen-bond donors (Lipinski definition) is 0. The topological polar surface area (TPSA) is 76.4 Å². The third kappa shape index (κ3) is 10.0. The average molecular weight is 723 g/mol. The van der Waals surface area contributed by atoms with Crippen LogP contribution in [0.5, 0.6) is 5.75 Å². The molecule has 0 saturated heterocycles. The first-order valence-electron chi connectivity index (χ1n) is 16.4. The van der Waals surface area contributed by atoms with Gasteiger partial charge in [-0.2, -0.15) is 31.1 Å². The summed E-state index contributed by atoms with van der Waals surface area (Å²) in [5, 5.41) is 11.9. The maximum absolute atomic E-state index is 13.8. The number of rotatable bonds is 14. The Hall–Kier alpha value is -4.05. The van der Waals surface area contributed by atoms with Crippen molar-refractivity contribution in [2.75, 3.05) is 9.80 Å². The lowest BCUT2D eigenvalue weighted by Crippen LogP contribution is -2.47. The summed E-state index contributed by atoms with van der Waals surface area (Å²) in [7, 11) is 1.39. The predicted octanol–water partition coefficient (Wildman–Crippen LogP) is 9.55. The van der Waals surface area contributed by atoms with Crippen LogP contribution in [0.15, 0.2) is 36.4 Å². The molecule has 0 saturated carbocycles. The molecule has 0 N–H and O–H groups in total. The Bertz CT molecular complexity index is 1560. The van der Waals surface area contributed by atoms with E-state index in [0.29, 0.717) is 25.0 Å². The fourth-order valence-electron chi connectivity index (χ4n) is 6.26. The van der Waals surface area contributed by atoms with E-state index in [9.17, 15) is 44.3 Å². The van der Waals surface area contributed by atoms with Gasteiger partial charge in [-0.25, -0.2) is 0 Å². The van der Waals surface area contributed by atoms with E-state index >= 15 is 0 Å². The molecule has 1 aromatic heterocycles. The number of anilines is 2. The molecule has 0 bridgehead atoms. The van der Waals surface area contributed by atoms with Gasteiger partial charge in [0.25, 0.3) is 5.95 Å². The number of hydrogen-bond acceptors (Lipinski definition) is 6. The van der Waals surface area contributed by atoms with Gasteiger partial charge >= 0.3 is 18.7 Å². The number of amides is 1. The predicted molar refractivity (Wildman–Crippen MR) is 166 cm³/mol. The summed E-state index contributed by atoms with van der Waals surface area (Å²) < 4.78 is 127. The minimum absolute atomic E-state index is 0.00683. The van der Waals surface area contributed by atoms with E-state index in [1.54, 1.807) is 6.92 Å². The maximum atomic E-state index is 13.8. The minimum Gasteiger partial charge on any atom is -0.406 e. The molecule has 0 radical (unpaired) electrons. The van der Waals surface area contributed by atoms with Crippen LogP contribution in [0.1, 0.15) is 106 Å².